The number of piperazine rings is 1. The summed E-state index contributed by atoms with van der Waals surface area (Å²) in [5.41, 5.74) is 7.76. The normalized spacial score (nSPS) is 19.1. The Balaban J connectivity index is 0.00000225. The van der Waals surface area contributed by atoms with E-state index in [0.717, 1.165) is 58.2 Å². The van der Waals surface area contributed by atoms with Crippen LogP contribution in [-0.4, -0.2) is 71.0 Å². The van der Waals surface area contributed by atoms with Gasteiger partial charge in [-0.15, -0.1) is 35.3 Å². The number of thiophene rings is 1. The lowest BCUT2D eigenvalue weighted by Gasteiger charge is -2.35. The van der Waals surface area contributed by atoms with Gasteiger partial charge in [-0.3, -0.25) is 9.89 Å². The van der Waals surface area contributed by atoms with Crippen molar-refractivity contribution < 1.29 is 0 Å². The molecule has 1 unspecified atom stereocenters. The third kappa shape index (κ3) is 4.93. The van der Waals surface area contributed by atoms with Crippen LogP contribution >= 0.6 is 35.3 Å². The fourth-order valence-electron chi connectivity index (χ4n) is 3.68. The summed E-state index contributed by atoms with van der Waals surface area (Å²) in [6, 6.07) is 4.50. The highest BCUT2D eigenvalue weighted by atomic mass is 127. The Morgan fingerprint density at radius 1 is 1.21 bits per heavy atom. The van der Waals surface area contributed by atoms with Crippen LogP contribution in [0.2, 0.25) is 0 Å². The molecule has 0 spiro atoms. The number of nitrogens with zero attached hydrogens (tertiary/aromatic N) is 6. The largest absolute Gasteiger partial charge is 0.370 e. The van der Waals surface area contributed by atoms with E-state index in [9.17, 15) is 0 Å². The highest BCUT2D eigenvalue weighted by Crippen LogP contribution is 2.25. The first kappa shape index (κ1) is 21.3. The van der Waals surface area contributed by atoms with Crippen LogP contribution in [0.25, 0.3) is 0 Å². The molecule has 0 saturated carbocycles. The van der Waals surface area contributed by atoms with Gasteiger partial charge in [-0.2, -0.15) is 0 Å². The highest BCUT2D eigenvalue weighted by molar-refractivity contribution is 14.0. The number of halogens is 1. The highest BCUT2D eigenvalue weighted by Gasteiger charge is 2.23. The number of hydrogen-bond acceptors (Lipinski definition) is 6. The molecule has 0 bridgehead atoms. The molecule has 28 heavy (non-hydrogen) atoms. The molecule has 7 nitrogen and oxygen atoms in total. The third-order valence-electron chi connectivity index (χ3n) is 5.42. The van der Waals surface area contributed by atoms with Gasteiger partial charge in [-0.05, 0) is 36.4 Å². The quantitative estimate of drug-likeness (QED) is 0.384. The van der Waals surface area contributed by atoms with Crippen LogP contribution in [0.1, 0.15) is 17.4 Å². The van der Waals surface area contributed by atoms with Crippen molar-refractivity contribution in [1.82, 2.24) is 19.8 Å². The van der Waals surface area contributed by atoms with Crippen molar-refractivity contribution in [2.75, 3.05) is 44.2 Å². The van der Waals surface area contributed by atoms with Gasteiger partial charge < -0.3 is 15.5 Å². The number of fused-ring (bicyclic) bond motifs is 1. The van der Waals surface area contributed by atoms with Crippen molar-refractivity contribution in [2.24, 2.45) is 10.7 Å². The molecule has 0 aliphatic carbocycles. The zero-order valence-electron chi connectivity index (χ0n) is 16.2. The van der Waals surface area contributed by atoms with E-state index in [1.54, 1.807) is 17.3 Å². The number of guanidine groups is 1. The fraction of sp³-hybridized carbons (Fsp3) is 0.526. The first-order valence-corrected chi connectivity index (χ1v) is 10.4. The first-order valence-electron chi connectivity index (χ1n) is 9.57. The van der Waals surface area contributed by atoms with Crippen LogP contribution in [0.15, 0.2) is 34.9 Å². The zero-order chi connectivity index (χ0) is 18.6. The topological polar surface area (TPSA) is 73.9 Å². The second kappa shape index (κ2) is 9.84. The predicted molar refractivity (Wildman–Crippen MR) is 126 cm³/mol. The molecule has 4 rings (SSSR count). The number of hydrogen-bond donors (Lipinski definition) is 1. The molecule has 2 aromatic heterocycles. The Bertz CT molecular complexity index is 774. The molecule has 0 radical (unpaired) electrons. The van der Waals surface area contributed by atoms with Gasteiger partial charge in [-0.1, -0.05) is 0 Å². The van der Waals surface area contributed by atoms with Gasteiger partial charge in [0.15, 0.2) is 5.96 Å². The third-order valence-corrected chi connectivity index (χ3v) is 6.44. The maximum absolute atomic E-state index is 6.28. The summed E-state index contributed by atoms with van der Waals surface area (Å²) in [4.78, 5) is 21.8. The lowest BCUT2D eigenvalue weighted by Crippen LogP contribution is -2.52. The number of nitrogens with two attached hydrogens (primary N) is 1. The van der Waals surface area contributed by atoms with Gasteiger partial charge in [0.05, 0.1) is 6.54 Å². The summed E-state index contributed by atoms with van der Waals surface area (Å²) in [5.74, 6) is 1.45. The standard InChI is InChI=1S/C19H27N7S.HI/c1-15(26-7-3-17-16(14-26)4-12-27-17)13-23-18(20)24-8-10-25(11-9-24)19-21-5-2-6-22-19;/h2,4-6,12,15H,3,7-11,13-14H2,1H3,(H2,20,23);1H. The van der Waals surface area contributed by atoms with Gasteiger partial charge >= 0.3 is 0 Å². The van der Waals surface area contributed by atoms with Crippen molar-refractivity contribution in [2.45, 2.75) is 25.9 Å². The minimum Gasteiger partial charge on any atom is -0.370 e. The Labute approximate surface area is 187 Å². The van der Waals surface area contributed by atoms with Gasteiger partial charge in [0.1, 0.15) is 0 Å². The van der Waals surface area contributed by atoms with Gasteiger partial charge in [0.2, 0.25) is 5.95 Å². The van der Waals surface area contributed by atoms with Crippen LogP contribution in [-0.2, 0) is 13.0 Å². The van der Waals surface area contributed by atoms with Crippen LogP contribution < -0.4 is 10.6 Å². The monoisotopic (exact) mass is 513 g/mol. The number of aromatic nitrogens is 2. The van der Waals surface area contributed by atoms with Crippen molar-refractivity contribution in [1.29, 1.82) is 0 Å². The molecule has 1 fully saturated rings. The summed E-state index contributed by atoms with van der Waals surface area (Å²) in [6.45, 7) is 8.57. The fourth-order valence-corrected chi connectivity index (χ4v) is 4.57. The van der Waals surface area contributed by atoms with E-state index < -0.39 is 0 Å². The van der Waals surface area contributed by atoms with E-state index in [0.29, 0.717) is 12.0 Å². The van der Waals surface area contributed by atoms with Crippen molar-refractivity contribution in [3.05, 3.63) is 40.3 Å². The van der Waals surface area contributed by atoms with Crippen LogP contribution in [0, 0.1) is 0 Å². The molecule has 0 aromatic carbocycles. The molecule has 2 aromatic rings. The number of anilines is 1. The molecule has 2 aliphatic rings. The van der Waals surface area contributed by atoms with Crippen LogP contribution in [0.3, 0.4) is 0 Å². The predicted octanol–water partition coefficient (Wildman–Crippen LogP) is 2.04. The van der Waals surface area contributed by atoms with Crippen molar-refractivity contribution in [3.8, 4) is 0 Å². The SMILES string of the molecule is CC(CN=C(N)N1CCN(c2ncccn2)CC1)N1CCc2sccc2C1.I. The van der Waals surface area contributed by atoms with E-state index in [4.69, 9.17) is 10.7 Å². The molecule has 9 heteroatoms. The summed E-state index contributed by atoms with van der Waals surface area (Å²) < 4.78 is 0. The Kier molecular flexibility index (Phi) is 7.47. The Morgan fingerprint density at radius 3 is 2.71 bits per heavy atom. The summed E-state index contributed by atoms with van der Waals surface area (Å²) in [6.07, 6.45) is 4.72. The Hall–Kier alpha value is -1.46. The average Bonchev–Trinajstić information content (AvgIpc) is 3.20. The summed E-state index contributed by atoms with van der Waals surface area (Å²) >= 11 is 1.88. The second-order valence-corrected chi connectivity index (χ2v) is 8.16. The van der Waals surface area contributed by atoms with E-state index in [2.05, 4.69) is 43.0 Å². The number of aliphatic imine (C=N–C) groups is 1. The summed E-state index contributed by atoms with van der Waals surface area (Å²) in [7, 11) is 0. The van der Waals surface area contributed by atoms with Gasteiger partial charge in [0.25, 0.3) is 0 Å². The molecule has 2 N–H and O–H groups in total. The smallest absolute Gasteiger partial charge is 0.225 e. The van der Waals surface area contributed by atoms with Crippen molar-refractivity contribution in [3.63, 3.8) is 0 Å². The molecular weight excluding hydrogens is 485 g/mol. The molecule has 1 atom stereocenters. The van der Waals surface area contributed by atoms with Gasteiger partial charge in [-0.25, -0.2) is 9.97 Å². The van der Waals surface area contributed by atoms with E-state index in [1.807, 2.05) is 17.4 Å². The lowest BCUT2D eigenvalue weighted by molar-refractivity contribution is 0.196. The number of rotatable bonds is 4. The molecule has 0 amide bonds. The van der Waals surface area contributed by atoms with Crippen LogP contribution in [0.4, 0.5) is 5.95 Å². The first-order chi connectivity index (χ1) is 13.2. The molecule has 152 valence electrons. The zero-order valence-corrected chi connectivity index (χ0v) is 19.3. The molecule has 1 saturated heterocycles. The maximum Gasteiger partial charge on any atom is 0.225 e. The Morgan fingerprint density at radius 2 is 1.96 bits per heavy atom. The van der Waals surface area contributed by atoms with E-state index in [1.165, 1.54) is 5.56 Å². The minimum atomic E-state index is 0. The lowest BCUT2D eigenvalue weighted by atomic mass is 10.1. The summed E-state index contributed by atoms with van der Waals surface area (Å²) in [5, 5.41) is 2.20. The maximum atomic E-state index is 6.28. The van der Waals surface area contributed by atoms with Crippen molar-refractivity contribution >= 4 is 47.2 Å². The average molecular weight is 513 g/mol. The van der Waals surface area contributed by atoms with E-state index in [-0.39, 0.29) is 24.0 Å². The van der Waals surface area contributed by atoms with Gasteiger partial charge in [0, 0.05) is 62.6 Å². The second-order valence-electron chi connectivity index (χ2n) is 7.16. The van der Waals surface area contributed by atoms with E-state index >= 15 is 0 Å². The molecule has 4 heterocycles. The molecular formula is C19H28IN7S. The minimum absolute atomic E-state index is 0. The van der Waals surface area contributed by atoms with Crippen LogP contribution in [0.5, 0.6) is 0 Å². The molecule has 2 aliphatic heterocycles.